The van der Waals surface area contributed by atoms with Gasteiger partial charge in [-0.15, -0.1) is 0 Å². The second-order valence-corrected chi connectivity index (χ2v) is 10.6. The molecule has 0 unspecified atom stereocenters. The molecule has 33 heavy (non-hydrogen) atoms. The number of hydrogen-bond acceptors (Lipinski definition) is 6. The Morgan fingerprint density at radius 3 is 2.18 bits per heavy atom. The molecule has 8 heteroatoms. The molecular formula is C25H29N3O4S. The number of para-hydroxylation sites is 2. The van der Waals surface area contributed by atoms with Crippen LogP contribution >= 0.6 is 0 Å². The number of piperidine rings is 1. The maximum Gasteiger partial charge on any atom is 0.309 e. The molecule has 0 atom stereocenters. The van der Waals surface area contributed by atoms with Crippen LogP contribution in [-0.4, -0.2) is 41.7 Å². The average Bonchev–Trinajstić information content (AvgIpc) is 2.76. The van der Waals surface area contributed by atoms with Crippen molar-refractivity contribution in [3.05, 3.63) is 64.5 Å². The zero-order valence-electron chi connectivity index (χ0n) is 19.5. The van der Waals surface area contributed by atoms with Gasteiger partial charge < -0.3 is 4.74 Å². The third-order valence-electron chi connectivity index (χ3n) is 6.18. The Balaban J connectivity index is 1.39. The molecule has 174 valence electrons. The van der Waals surface area contributed by atoms with Crippen LogP contribution in [0.3, 0.4) is 0 Å². The molecule has 0 amide bonds. The molecule has 4 rings (SSSR count). The lowest BCUT2D eigenvalue weighted by Crippen LogP contribution is -2.41. The van der Waals surface area contributed by atoms with E-state index in [1.165, 1.54) is 4.31 Å². The largest absolute Gasteiger partial charge is 0.459 e. The Kier molecular flexibility index (Phi) is 6.50. The van der Waals surface area contributed by atoms with E-state index in [-0.39, 0.29) is 18.5 Å². The molecule has 0 saturated carbocycles. The van der Waals surface area contributed by atoms with Gasteiger partial charge in [0.05, 0.1) is 33.2 Å². The maximum absolute atomic E-state index is 13.3. The van der Waals surface area contributed by atoms with E-state index in [0.717, 1.165) is 33.4 Å². The number of aryl methyl sites for hydroxylation is 4. The van der Waals surface area contributed by atoms with E-state index >= 15 is 0 Å². The topological polar surface area (TPSA) is 89.5 Å². The first-order chi connectivity index (χ1) is 15.7. The summed E-state index contributed by atoms with van der Waals surface area (Å²) in [4.78, 5) is 22.1. The Bertz CT molecular complexity index is 1290. The molecule has 0 aliphatic carbocycles. The van der Waals surface area contributed by atoms with Crippen LogP contribution in [0.2, 0.25) is 0 Å². The van der Waals surface area contributed by atoms with Crippen molar-refractivity contribution in [3.8, 4) is 0 Å². The van der Waals surface area contributed by atoms with Gasteiger partial charge in [-0.1, -0.05) is 29.8 Å². The van der Waals surface area contributed by atoms with Crippen LogP contribution in [0.5, 0.6) is 0 Å². The van der Waals surface area contributed by atoms with E-state index < -0.39 is 10.0 Å². The number of nitrogens with zero attached hydrogens (tertiary/aromatic N) is 3. The molecule has 0 spiro atoms. The highest BCUT2D eigenvalue weighted by molar-refractivity contribution is 7.89. The quantitative estimate of drug-likeness (QED) is 0.527. The summed E-state index contributed by atoms with van der Waals surface area (Å²) in [7, 11) is -3.61. The first-order valence-corrected chi connectivity index (χ1v) is 12.6. The molecule has 2 aromatic carbocycles. The Morgan fingerprint density at radius 1 is 1.00 bits per heavy atom. The Hall–Kier alpha value is -2.84. The SMILES string of the molecule is Cc1cc(C)c(S(=O)(=O)N2CCC(C(=O)OCc3nc4ccccc4nc3C)CC2)c(C)c1. The standard InChI is InChI=1S/C25H29N3O4S/c1-16-13-17(2)24(18(3)14-16)33(30,31)28-11-9-20(10-12-28)25(29)32-15-23-19(4)26-21-7-5-6-8-22(21)27-23/h5-8,13-14,20H,9-12,15H2,1-4H3. The number of ether oxygens (including phenoxy) is 1. The first-order valence-electron chi connectivity index (χ1n) is 11.1. The van der Waals surface area contributed by atoms with Crippen LogP contribution in [0.4, 0.5) is 0 Å². The van der Waals surface area contributed by atoms with Crippen LogP contribution in [0.1, 0.15) is 40.9 Å². The van der Waals surface area contributed by atoms with Crippen molar-refractivity contribution in [1.29, 1.82) is 0 Å². The highest BCUT2D eigenvalue weighted by Gasteiger charge is 2.34. The third-order valence-corrected chi connectivity index (χ3v) is 8.39. The number of carbonyl (C=O) groups is 1. The molecule has 1 saturated heterocycles. The second kappa shape index (κ2) is 9.19. The number of benzene rings is 2. The van der Waals surface area contributed by atoms with Crippen molar-refractivity contribution in [2.24, 2.45) is 5.92 Å². The van der Waals surface area contributed by atoms with Gasteiger partial charge in [0, 0.05) is 13.1 Å². The van der Waals surface area contributed by atoms with Crippen LogP contribution in [0.25, 0.3) is 11.0 Å². The van der Waals surface area contributed by atoms with Gasteiger partial charge in [0.25, 0.3) is 0 Å². The van der Waals surface area contributed by atoms with Gasteiger partial charge in [-0.2, -0.15) is 4.31 Å². The fourth-order valence-electron chi connectivity index (χ4n) is 4.55. The van der Waals surface area contributed by atoms with E-state index in [1.807, 2.05) is 64.1 Å². The van der Waals surface area contributed by atoms with Crippen LogP contribution in [0, 0.1) is 33.6 Å². The molecule has 1 aliphatic rings. The number of carbonyl (C=O) groups excluding carboxylic acids is 1. The molecule has 1 aliphatic heterocycles. The van der Waals surface area contributed by atoms with Crippen LogP contribution in [-0.2, 0) is 26.2 Å². The smallest absolute Gasteiger partial charge is 0.309 e. The van der Waals surface area contributed by atoms with E-state index in [4.69, 9.17) is 4.74 Å². The number of rotatable bonds is 5. The molecule has 0 radical (unpaired) electrons. The molecule has 7 nitrogen and oxygen atoms in total. The Morgan fingerprint density at radius 2 is 1.58 bits per heavy atom. The van der Waals surface area contributed by atoms with Crippen molar-refractivity contribution in [1.82, 2.24) is 14.3 Å². The van der Waals surface area contributed by atoms with Crippen molar-refractivity contribution in [2.75, 3.05) is 13.1 Å². The van der Waals surface area contributed by atoms with E-state index in [2.05, 4.69) is 9.97 Å². The van der Waals surface area contributed by atoms with Crippen molar-refractivity contribution >= 4 is 27.0 Å². The van der Waals surface area contributed by atoms with Gasteiger partial charge in [0.15, 0.2) is 0 Å². The highest BCUT2D eigenvalue weighted by atomic mass is 32.2. The highest BCUT2D eigenvalue weighted by Crippen LogP contribution is 2.29. The zero-order valence-corrected chi connectivity index (χ0v) is 20.3. The number of aromatic nitrogens is 2. The van der Waals surface area contributed by atoms with Crippen LogP contribution < -0.4 is 0 Å². The second-order valence-electron chi connectivity index (χ2n) is 8.76. The monoisotopic (exact) mass is 467 g/mol. The summed E-state index contributed by atoms with van der Waals surface area (Å²) in [6.07, 6.45) is 0.870. The summed E-state index contributed by atoms with van der Waals surface area (Å²) in [5.41, 5.74) is 5.46. The predicted octanol–water partition coefficient (Wildman–Crippen LogP) is 4.01. The summed E-state index contributed by atoms with van der Waals surface area (Å²) in [5.74, 6) is -0.644. The normalized spacial score (nSPS) is 15.6. The van der Waals surface area contributed by atoms with Gasteiger partial charge in [0.2, 0.25) is 10.0 Å². The molecular weight excluding hydrogens is 438 g/mol. The minimum absolute atomic E-state index is 0.0583. The van der Waals surface area contributed by atoms with Crippen LogP contribution in [0.15, 0.2) is 41.3 Å². The van der Waals surface area contributed by atoms with Gasteiger partial charge in [-0.3, -0.25) is 4.79 Å². The number of fused-ring (bicyclic) bond motifs is 1. The lowest BCUT2D eigenvalue weighted by Gasteiger charge is -2.31. The molecule has 0 bridgehead atoms. The first kappa shape index (κ1) is 23.3. The average molecular weight is 468 g/mol. The van der Waals surface area contributed by atoms with Crippen molar-refractivity contribution in [2.45, 2.75) is 52.0 Å². The molecule has 3 aromatic rings. The molecule has 0 N–H and O–H groups in total. The number of sulfonamides is 1. The van der Waals surface area contributed by atoms with Gasteiger partial charge in [-0.25, -0.2) is 18.4 Å². The maximum atomic E-state index is 13.3. The van der Waals surface area contributed by atoms with Gasteiger partial charge in [0.1, 0.15) is 6.61 Å². The molecule has 1 aromatic heterocycles. The summed E-state index contributed by atoms with van der Waals surface area (Å²) < 4.78 is 33.6. The minimum atomic E-state index is -3.61. The third kappa shape index (κ3) is 4.77. The Labute approximate surface area is 194 Å². The fourth-order valence-corrected chi connectivity index (χ4v) is 6.43. The minimum Gasteiger partial charge on any atom is -0.459 e. The summed E-state index contributed by atoms with van der Waals surface area (Å²) >= 11 is 0. The van der Waals surface area contributed by atoms with Gasteiger partial charge in [-0.05, 0) is 63.8 Å². The predicted molar refractivity (Wildman–Crippen MR) is 126 cm³/mol. The summed E-state index contributed by atoms with van der Waals surface area (Å²) in [6, 6.07) is 11.4. The van der Waals surface area contributed by atoms with E-state index in [0.29, 0.717) is 36.5 Å². The lowest BCUT2D eigenvalue weighted by molar-refractivity contribution is -0.151. The van der Waals surface area contributed by atoms with E-state index in [1.54, 1.807) is 0 Å². The summed E-state index contributed by atoms with van der Waals surface area (Å²) in [6.45, 7) is 8.11. The van der Waals surface area contributed by atoms with E-state index in [9.17, 15) is 13.2 Å². The van der Waals surface area contributed by atoms with Crippen molar-refractivity contribution in [3.63, 3.8) is 0 Å². The molecule has 2 heterocycles. The lowest BCUT2D eigenvalue weighted by atomic mass is 9.98. The molecule has 1 fully saturated rings. The van der Waals surface area contributed by atoms with Crippen molar-refractivity contribution < 1.29 is 17.9 Å². The number of hydrogen-bond donors (Lipinski definition) is 0. The van der Waals surface area contributed by atoms with Gasteiger partial charge >= 0.3 is 5.97 Å². The zero-order chi connectivity index (χ0) is 23.8. The summed E-state index contributed by atoms with van der Waals surface area (Å²) in [5, 5.41) is 0. The number of esters is 1. The fraction of sp³-hybridized carbons (Fsp3) is 0.400.